The van der Waals surface area contributed by atoms with Crippen molar-refractivity contribution in [3.63, 3.8) is 0 Å². The van der Waals surface area contributed by atoms with Crippen LogP contribution in [0.2, 0.25) is 4.34 Å². The van der Waals surface area contributed by atoms with Gasteiger partial charge in [0.05, 0.1) is 18.1 Å². The lowest BCUT2D eigenvalue weighted by atomic mass is 10.3. The van der Waals surface area contributed by atoms with Crippen LogP contribution in [-0.4, -0.2) is 26.7 Å². The monoisotopic (exact) mass is 312 g/mol. The van der Waals surface area contributed by atoms with Crippen molar-refractivity contribution in [2.75, 3.05) is 7.11 Å². The minimum atomic E-state index is 0.630. The molecule has 0 aliphatic carbocycles. The van der Waals surface area contributed by atoms with E-state index in [1.165, 1.54) is 11.5 Å². The number of fused-ring (bicyclic) bond motifs is 1. The van der Waals surface area contributed by atoms with Gasteiger partial charge in [0, 0.05) is 23.4 Å². The van der Waals surface area contributed by atoms with E-state index in [0.717, 1.165) is 27.6 Å². The lowest BCUT2D eigenvalue weighted by Gasteiger charge is -1.96. The third kappa shape index (κ3) is 2.68. The summed E-state index contributed by atoms with van der Waals surface area (Å²) in [5.41, 5.74) is 2.64. The zero-order valence-electron chi connectivity index (χ0n) is 9.88. The molecule has 0 aliphatic rings. The van der Waals surface area contributed by atoms with Gasteiger partial charge >= 0.3 is 0 Å². The molecule has 5 nitrogen and oxygen atoms in total. The van der Waals surface area contributed by atoms with Crippen molar-refractivity contribution < 1.29 is 4.74 Å². The van der Waals surface area contributed by atoms with Crippen molar-refractivity contribution in [3.05, 3.63) is 28.2 Å². The van der Waals surface area contributed by atoms with Gasteiger partial charge in [0.25, 0.3) is 0 Å². The van der Waals surface area contributed by atoms with Gasteiger partial charge in [-0.3, -0.25) is 0 Å². The predicted molar refractivity (Wildman–Crippen MR) is 77.1 cm³/mol. The van der Waals surface area contributed by atoms with Crippen LogP contribution >= 0.6 is 34.9 Å². The van der Waals surface area contributed by atoms with Gasteiger partial charge in [0.1, 0.15) is 15.8 Å². The summed E-state index contributed by atoms with van der Waals surface area (Å²) in [7, 11) is 1.64. The Morgan fingerprint density at radius 2 is 2.37 bits per heavy atom. The first-order chi connectivity index (χ1) is 9.26. The maximum Gasteiger partial charge on any atom is 0.166 e. The van der Waals surface area contributed by atoms with Gasteiger partial charge in [-0.25, -0.2) is 4.98 Å². The number of hydrogen-bond acceptors (Lipinski definition) is 6. The van der Waals surface area contributed by atoms with Gasteiger partial charge in [0.15, 0.2) is 5.16 Å². The average molecular weight is 313 g/mol. The molecule has 8 heteroatoms. The number of nitrogens with one attached hydrogen (secondary N) is 1. The standard InChI is InChI=1S/C11H9ClN4OS2/c1-17-6-2-3-7-8(4-6)14-11(13-7)18-5-9-10(12)19-16-15-9/h2-4H,5H2,1H3,(H,13,14). The van der Waals surface area contributed by atoms with Crippen LogP contribution in [0.5, 0.6) is 5.75 Å². The van der Waals surface area contributed by atoms with Crippen molar-refractivity contribution in [1.29, 1.82) is 0 Å². The maximum absolute atomic E-state index is 5.96. The Morgan fingerprint density at radius 3 is 3.11 bits per heavy atom. The van der Waals surface area contributed by atoms with E-state index in [4.69, 9.17) is 16.3 Å². The number of thioether (sulfide) groups is 1. The predicted octanol–water partition coefficient (Wildman–Crippen LogP) is 3.37. The van der Waals surface area contributed by atoms with Gasteiger partial charge in [0.2, 0.25) is 0 Å². The first kappa shape index (κ1) is 12.7. The van der Waals surface area contributed by atoms with Crippen LogP contribution in [0.15, 0.2) is 23.4 Å². The Bertz CT molecular complexity index is 712. The molecule has 0 atom stereocenters. The Labute approximate surface area is 122 Å². The van der Waals surface area contributed by atoms with Crippen LogP contribution in [-0.2, 0) is 5.75 Å². The normalized spacial score (nSPS) is 11.1. The number of aromatic nitrogens is 4. The van der Waals surface area contributed by atoms with Crippen molar-refractivity contribution in [3.8, 4) is 5.75 Å². The van der Waals surface area contributed by atoms with Crippen LogP contribution < -0.4 is 4.74 Å². The van der Waals surface area contributed by atoms with E-state index in [9.17, 15) is 0 Å². The molecule has 98 valence electrons. The highest BCUT2D eigenvalue weighted by atomic mass is 35.5. The third-order valence-corrected chi connectivity index (χ3v) is 4.39. The fraction of sp³-hybridized carbons (Fsp3) is 0.182. The van der Waals surface area contributed by atoms with Crippen molar-refractivity contribution in [2.45, 2.75) is 10.9 Å². The molecule has 19 heavy (non-hydrogen) atoms. The van der Waals surface area contributed by atoms with Gasteiger partial charge < -0.3 is 9.72 Å². The van der Waals surface area contributed by atoms with E-state index in [2.05, 4.69) is 19.6 Å². The zero-order valence-corrected chi connectivity index (χ0v) is 12.3. The summed E-state index contributed by atoms with van der Waals surface area (Å²) in [5, 5.41) is 4.79. The van der Waals surface area contributed by atoms with E-state index < -0.39 is 0 Å². The number of nitrogens with zero attached hydrogens (tertiary/aromatic N) is 3. The molecule has 1 N–H and O–H groups in total. The molecule has 2 heterocycles. The number of methoxy groups -OCH3 is 1. The molecule has 2 aromatic heterocycles. The van der Waals surface area contributed by atoms with Crippen LogP contribution in [0.4, 0.5) is 0 Å². The Morgan fingerprint density at radius 1 is 1.47 bits per heavy atom. The highest BCUT2D eigenvalue weighted by Gasteiger charge is 2.09. The molecule has 0 radical (unpaired) electrons. The number of imidazole rings is 1. The second kappa shape index (κ2) is 5.36. The first-order valence-electron chi connectivity index (χ1n) is 5.39. The average Bonchev–Trinajstić information content (AvgIpc) is 3.01. The number of ether oxygens (including phenoxy) is 1. The highest BCUT2D eigenvalue weighted by Crippen LogP contribution is 2.27. The fourth-order valence-electron chi connectivity index (χ4n) is 1.58. The summed E-state index contributed by atoms with van der Waals surface area (Å²) in [5.74, 6) is 1.45. The first-order valence-corrected chi connectivity index (χ1v) is 7.53. The van der Waals surface area contributed by atoms with Crippen LogP contribution in [0.25, 0.3) is 11.0 Å². The molecule has 0 bridgehead atoms. The van der Waals surface area contributed by atoms with Gasteiger partial charge in [-0.05, 0) is 12.1 Å². The summed E-state index contributed by atoms with van der Waals surface area (Å²) in [6.45, 7) is 0. The zero-order chi connectivity index (χ0) is 13.2. The number of halogens is 1. The van der Waals surface area contributed by atoms with Crippen LogP contribution in [0, 0.1) is 0 Å². The molecule has 3 aromatic rings. The number of hydrogen-bond donors (Lipinski definition) is 1. The molecule has 0 unspecified atom stereocenters. The SMILES string of the molecule is COc1ccc2nc(SCc3nnsc3Cl)[nH]c2c1. The molecule has 0 aliphatic heterocycles. The summed E-state index contributed by atoms with van der Waals surface area (Å²) >= 11 is 8.69. The molecular formula is C11H9ClN4OS2. The smallest absolute Gasteiger partial charge is 0.166 e. The second-order valence-electron chi connectivity index (χ2n) is 3.71. The maximum atomic E-state index is 5.96. The summed E-state index contributed by atoms with van der Waals surface area (Å²) in [4.78, 5) is 7.72. The molecular weight excluding hydrogens is 304 g/mol. The van der Waals surface area contributed by atoms with E-state index in [-0.39, 0.29) is 0 Å². The Balaban J connectivity index is 1.80. The number of rotatable bonds is 4. The second-order valence-corrected chi connectivity index (χ2v) is 6.03. The number of aromatic amines is 1. The lowest BCUT2D eigenvalue weighted by molar-refractivity contribution is 0.415. The number of benzene rings is 1. The van der Waals surface area contributed by atoms with E-state index in [1.807, 2.05) is 18.2 Å². The molecule has 0 amide bonds. The fourth-order valence-corrected chi connectivity index (χ4v) is 3.20. The third-order valence-electron chi connectivity index (χ3n) is 2.52. The minimum absolute atomic E-state index is 0.630. The Hall–Kier alpha value is -1.31. The highest BCUT2D eigenvalue weighted by molar-refractivity contribution is 7.98. The summed E-state index contributed by atoms with van der Waals surface area (Å²) < 4.78 is 9.61. The largest absolute Gasteiger partial charge is 0.497 e. The molecule has 0 saturated heterocycles. The lowest BCUT2D eigenvalue weighted by Crippen LogP contribution is -1.83. The van der Waals surface area contributed by atoms with Gasteiger partial charge in [-0.15, -0.1) is 5.10 Å². The summed E-state index contributed by atoms with van der Waals surface area (Å²) in [6.07, 6.45) is 0. The number of H-pyrrole nitrogens is 1. The van der Waals surface area contributed by atoms with Gasteiger partial charge in [-0.2, -0.15) is 0 Å². The Kier molecular flexibility index (Phi) is 3.58. The molecule has 3 rings (SSSR count). The topological polar surface area (TPSA) is 63.7 Å². The van der Waals surface area contributed by atoms with E-state index in [1.54, 1.807) is 18.9 Å². The molecule has 0 fully saturated rings. The van der Waals surface area contributed by atoms with Crippen LogP contribution in [0.1, 0.15) is 5.69 Å². The molecule has 0 saturated carbocycles. The minimum Gasteiger partial charge on any atom is -0.497 e. The van der Waals surface area contributed by atoms with Crippen molar-refractivity contribution in [1.82, 2.24) is 19.6 Å². The van der Waals surface area contributed by atoms with Crippen LogP contribution in [0.3, 0.4) is 0 Å². The molecule has 1 aromatic carbocycles. The van der Waals surface area contributed by atoms with E-state index >= 15 is 0 Å². The van der Waals surface area contributed by atoms with E-state index in [0.29, 0.717) is 10.1 Å². The summed E-state index contributed by atoms with van der Waals surface area (Å²) in [6, 6.07) is 5.73. The van der Waals surface area contributed by atoms with Crippen molar-refractivity contribution in [2.24, 2.45) is 0 Å². The van der Waals surface area contributed by atoms with Crippen molar-refractivity contribution >= 4 is 45.9 Å². The van der Waals surface area contributed by atoms with Gasteiger partial charge in [-0.1, -0.05) is 27.9 Å². The molecule has 0 spiro atoms. The quantitative estimate of drug-likeness (QED) is 0.748.